The Labute approximate surface area is 177 Å². The maximum Gasteiger partial charge on any atom is 0.279 e. The minimum absolute atomic E-state index is 0.0762. The van der Waals surface area contributed by atoms with Gasteiger partial charge in [-0.3, -0.25) is 13.8 Å². The van der Waals surface area contributed by atoms with E-state index in [9.17, 15) is 18.0 Å². The van der Waals surface area contributed by atoms with Crippen molar-refractivity contribution in [3.05, 3.63) is 60.2 Å². The zero-order chi connectivity index (χ0) is 21.9. The van der Waals surface area contributed by atoms with Crippen LogP contribution in [0.15, 0.2) is 54.6 Å². The second-order valence-corrected chi connectivity index (χ2v) is 9.41. The highest BCUT2D eigenvalue weighted by Gasteiger charge is 2.38. The molecule has 0 saturated carbocycles. The lowest BCUT2D eigenvalue weighted by Gasteiger charge is -2.38. The molecule has 0 bridgehead atoms. The van der Waals surface area contributed by atoms with Crippen LogP contribution in [0.25, 0.3) is 11.1 Å². The van der Waals surface area contributed by atoms with Gasteiger partial charge < -0.3 is 10.6 Å². The number of carbonyl (C=O) groups excluding carboxylic acids is 2. The fourth-order valence-electron chi connectivity index (χ4n) is 3.60. The van der Waals surface area contributed by atoms with Crippen LogP contribution in [0, 0.1) is 0 Å². The largest absolute Gasteiger partial charge is 0.368 e. The van der Waals surface area contributed by atoms with E-state index < -0.39 is 27.4 Å². The van der Waals surface area contributed by atoms with Crippen molar-refractivity contribution in [3.63, 3.8) is 0 Å². The van der Waals surface area contributed by atoms with Crippen LogP contribution in [0.1, 0.15) is 31.7 Å². The summed E-state index contributed by atoms with van der Waals surface area (Å²) in [6.45, 7) is 3.43. The average molecular weight is 431 g/mol. The fourth-order valence-corrected chi connectivity index (χ4v) is 4.63. The molecular formula is C22H26N2O5S. The molecule has 7 nitrogen and oxygen atoms in total. The molecule has 1 aliphatic rings. The topological polar surface area (TPSA) is 107 Å². The lowest BCUT2D eigenvalue weighted by molar-refractivity contribution is -0.131. The number of piperidine rings is 1. The number of amides is 2. The second kappa shape index (κ2) is 8.97. The molecule has 3 atom stereocenters. The molecule has 1 heterocycles. The molecular weight excluding hydrogens is 404 g/mol. The molecule has 1 aliphatic heterocycles. The Morgan fingerprint density at radius 1 is 1.07 bits per heavy atom. The van der Waals surface area contributed by atoms with E-state index >= 15 is 0 Å². The van der Waals surface area contributed by atoms with E-state index in [-0.39, 0.29) is 11.8 Å². The number of rotatable bonds is 6. The number of nitrogens with zero attached hydrogens (tertiary/aromatic N) is 1. The molecule has 3 rings (SSSR count). The average Bonchev–Trinajstić information content (AvgIpc) is 2.73. The number of primary amides is 1. The number of hydrogen-bond donors (Lipinski definition) is 1. The number of nitrogens with two attached hydrogens (primary N) is 1. The van der Waals surface area contributed by atoms with Gasteiger partial charge in [-0.25, -0.2) is 0 Å². The minimum atomic E-state index is -4.17. The molecule has 3 unspecified atom stereocenters. The summed E-state index contributed by atoms with van der Waals surface area (Å²) in [7, 11) is -4.17. The third kappa shape index (κ3) is 4.88. The van der Waals surface area contributed by atoms with Crippen LogP contribution in [0.4, 0.5) is 0 Å². The molecule has 30 heavy (non-hydrogen) atoms. The zero-order valence-corrected chi connectivity index (χ0v) is 17.8. The normalized spacial score (nSPS) is 20.5. The van der Waals surface area contributed by atoms with Crippen LogP contribution in [0.5, 0.6) is 0 Å². The van der Waals surface area contributed by atoms with Crippen LogP contribution in [-0.2, 0) is 23.9 Å². The van der Waals surface area contributed by atoms with Crippen molar-refractivity contribution in [2.24, 2.45) is 5.73 Å². The summed E-state index contributed by atoms with van der Waals surface area (Å²) in [6, 6.07) is 17.7. The maximum absolute atomic E-state index is 12.5. The standard InChI is InChI=1S/C22H26N2O5S/c1-15(22(23)26)30(27,28)29-21-12-13-24(16(2)25)14-20(21)19-10-8-18(9-11-19)17-6-4-3-5-7-17/h3-11,15,20-21H,12-14H2,1-2H3,(H2,23,26). The fraction of sp³-hybridized carbons (Fsp3) is 0.364. The van der Waals surface area contributed by atoms with E-state index in [0.29, 0.717) is 19.5 Å². The highest BCUT2D eigenvalue weighted by molar-refractivity contribution is 7.88. The van der Waals surface area contributed by atoms with Crippen molar-refractivity contribution in [1.82, 2.24) is 4.90 Å². The summed E-state index contributed by atoms with van der Waals surface area (Å²) in [6.07, 6.45) is -0.343. The summed E-state index contributed by atoms with van der Waals surface area (Å²) >= 11 is 0. The molecule has 2 amide bonds. The Bertz CT molecular complexity index is 1010. The summed E-state index contributed by atoms with van der Waals surface area (Å²) in [4.78, 5) is 25.0. The Morgan fingerprint density at radius 2 is 1.67 bits per heavy atom. The number of benzene rings is 2. The van der Waals surface area contributed by atoms with Gasteiger partial charge >= 0.3 is 0 Å². The first-order valence-electron chi connectivity index (χ1n) is 9.81. The summed E-state index contributed by atoms with van der Waals surface area (Å²) in [5.74, 6) is -1.38. The van der Waals surface area contributed by atoms with E-state index in [1.54, 1.807) is 4.90 Å². The van der Waals surface area contributed by atoms with Gasteiger partial charge in [0.25, 0.3) is 10.1 Å². The predicted octanol–water partition coefficient (Wildman–Crippen LogP) is 2.28. The third-order valence-electron chi connectivity index (χ3n) is 5.53. The third-order valence-corrected chi connectivity index (χ3v) is 7.15. The molecule has 0 spiro atoms. The van der Waals surface area contributed by atoms with Crippen molar-refractivity contribution in [2.75, 3.05) is 13.1 Å². The van der Waals surface area contributed by atoms with Crippen LogP contribution >= 0.6 is 0 Å². The first kappa shape index (κ1) is 22.0. The Hall–Kier alpha value is -2.71. The van der Waals surface area contributed by atoms with E-state index in [1.165, 1.54) is 13.8 Å². The SMILES string of the molecule is CC(=O)N1CCC(OS(=O)(=O)C(C)C(N)=O)C(c2ccc(-c3ccccc3)cc2)C1. The lowest BCUT2D eigenvalue weighted by atomic mass is 9.87. The van der Waals surface area contributed by atoms with Crippen LogP contribution in [-0.4, -0.2) is 49.6 Å². The van der Waals surface area contributed by atoms with Crippen molar-refractivity contribution < 1.29 is 22.2 Å². The van der Waals surface area contributed by atoms with E-state index in [2.05, 4.69) is 0 Å². The molecule has 0 aliphatic carbocycles. The Kier molecular flexibility index (Phi) is 6.58. The minimum Gasteiger partial charge on any atom is -0.368 e. The predicted molar refractivity (Wildman–Crippen MR) is 114 cm³/mol. The molecule has 0 aromatic heterocycles. The quantitative estimate of drug-likeness (QED) is 0.708. The van der Waals surface area contributed by atoms with E-state index in [4.69, 9.17) is 9.92 Å². The molecule has 160 valence electrons. The van der Waals surface area contributed by atoms with Gasteiger partial charge in [-0.05, 0) is 30.0 Å². The first-order valence-corrected chi connectivity index (χ1v) is 11.3. The maximum atomic E-state index is 12.5. The Balaban J connectivity index is 1.88. The molecule has 2 N–H and O–H groups in total. The monoisotopic (exact) mass is 430 g/mol. The molecule has 1 saturated heterocycles. The van der Waals surface area contributed by atoms with Crippen molar-refractivity contribution in [1.29, 1.82) is 0 Å². The summed E-state index contributed by atoms with van der Waals surface area (Å²) in [5.41, 5.74) is 8.13. The summed E-state index contributed by atoms with van der Waals surface area (Å²) in [5, 5.41) is -1.44. The van der Waals surface area contributed by atoms with Crippen molar-refractivity contribution in [3.8, 4) is 11.1 Å². The van der Waals surface area contributed by atoms with E-state index in [1.807, 2.05) is 54.6 Å². The number of carbonyl (C=O) groups is 2. The van der Waals surface area contributed by atoms with E-state index in [0.717, 1.165) is 16.7 Å². The molecule has 1 fully saturated rings. The van der Waals surface area contributed by atoms with Gasteiger partial charge in [0.15, 0.2) is 5.25 Å². The highest BCUT2D eigenvalue weighted by Crippen LogP contribution is 2.33. The Morgan fingerprint density at radius 3 is 2.23 bits per heavy atom. The van der Waals surface area contributed by atoms with Gasteiger partial charge in [0, 0.05) is 25.9 Å². The van der Waals surface area contributed by atoms with Gasteiger partial charge in [0.05, 0.1) is 6.10 Å². The van der Waals surface area contributed by atoms with Crippen molar-refractivity contribution >= 4 is 21.9 Å². The molecule has 8 heteroatoms. The van der Waals surface area contributed by atoms with Gasteiger partial charge in [0.2, 0.25) is 11.8 Å². The molecule has 2 aromatic carbocycles. The van der Waals surface area contributed by atoms with Gasteiger partial charge in [-0.1, -0.05) is 54.6 Å². The zero-order valence-electron chi connectivity index (χ0n) is 17.0. The van der Waals surface area contributed by atoms with Crippen molar-refractivity contribution in [2.45, 2.75) is 37.5 Å². The highest BCUT2D eigenvalue weighted by atomic mass is 32.2. The lowest BCUT2D eigenvalue weighted by Crippen LogP contribution is -2.47. The second-order valence-electron chi connectivity index (χ2n) is 7.52. The van der Waals surface area contributed by atoms with Crippen LogP contribution in [0.3, 0.4) is 0 Å². The number of hydrogen-bond acceptors (Lipinski definition) is 5. The van der Waals surface area contributed by atoms with Gasteiger partial charge in [-0.2, -0.15) is 8.42 Å². The molecule has 2 aromatic rings. The number of likely N-dealkylation sites (tertiary alicyclic amines) is 1. The first-order chi connectivity index (χ1) is 14.2. The smallest absolute Gasteiger partial charge is 0.279 e. The molecule has 0 radical (unpaired) electrons. The van der Waals surface area contributed by atoms with Crippen LogP contribution in [0.2, 0.25) is 0 Å². The van der Waals surface area contributed by atoms with Gasteiger partial charge in [-0.15, -0.1) is 0 Å². The van der Waals surface area contributed by atoms with Crippen LogP contribution < -0.4 is 5.73 Å². The summed E-state index contributed by atoms with van der Waals surface area (Å²) < 4.78 is 30.4. The van der Waals surface area contributed by atoms with Gasteiger partial charge in [0.1, 0.15) is 0 Å².